The molecule has 2 heterocycles. The van der Waals surface area contributed by atoms with Crippen molar-refractivity contribution in [1.29, 1.82) is 0 Å². The lowest BCUT2D eigenvalue weighted by atomic mass is 9.90. The molecule has 0 aliphatic carbocycles. The van der Waals surface area contributed by atoms with E-state index in [1.54, 1.807) is 0 Å². The lowest BCUT2D eigenvalue weighted by Crippen LogP contribution is -2.34. The van der Waals surface area contributed by atoms with E-state index < -0.39 is 5.82 Å². The first-order chi connectivity index (χ1) is 13.7. The SMILES string of the molecule is Fc1ccc(Oc2cc(N3CCC(Cc4ccccc4)CC3)ncn2)cc1Cl. The van der Waals surface area contributed by atoms with Gasteiger partial charge in [0, 0.05) is 25.2 Å². The number of nitrogens with zero attached hydrogens (tertiary/aromatic N) is 3. The second-order valence-corrected chi connectivity index (χ2v) is 7.42. The first kappa shape index (κ1) is 18.7. The zero-order chi connectivity index (χ0) is 19.3. The maximum Gasteiger partial charge on any atom is 0.224 e. The van der Waals surface area contributed by atoms with Crippen LogP contribution in [-0.4, -0.2) is 23.1 Å². The molecule has 6 heteroatoms. The number of hydrogen-bond acceptors (Lipinski definition) is 4. The number of piperidine rings is 1. The van der Waals surface area contributed by atoms with Gasteiger partial charge in [0.05, 0.1) is 5.02 Å². The number of rotatable bonds is 5. The average molecular weight is 398 g/mol. The molecule has 144 valence electrons. The van der Waals surface area contributed by atoms with Crippen LogP contribution >= 0.6 is 11.6 Å². The van der Waals surface area contributed by atoms with Crippen molar-refractivity contribution in [3.05, 3.63) is 77.3 Å². The summed E-state index contributed by atoms with van der Waals surface area (Å²) in [6.45, 7) is 1.91. The molecule has 0 amide bonds. The molecule has 4 nitrogen and oxygen atoms in total. The highest BCUT2D eigenvalue weighted by molar-refractivity contribution is 6.30. The maximum atomic E-state index is 13.3. The second kappa shape index (κ2) is 8.57. The van der Waals surface area contributed by atoms with E-state index in [-0.39, 0.29) is 5.02 Å². The van der Waals surface area contributed by atoms with Crippen LogP contribution in [0, 0.1) is 11.7 Å². The van der Waals surface area contributed by atoms with Crippen LogP contribution in [0.3, 0.4) is 0 Å². The molecule has 28 heavy (non-hydrogen) atoms. The quantitative estimate of drug-likeness (QED) is 0.568. The van der Waals surface area contributed by atoms with Gasteiger partial charge in [0.25, 0.3) is 0 Å². The topological polar surface area (TPSA) is 38.2 Å². The Bertz CT molecular complexity index is 930. The highest BCUT2D eigenvalue weighted by Crippen LogP contribution is 2.28. The van der Waals surface area contributed by atoms with Crippen molar-refractivity contribution >= 4 is 17.4 Å². The third-order valence-corrected chi connectivity index (χ3v) is 5.34. The van der Waals surface area contributed by atoms with E-state index >= 15 is 0 Å². The summed E-state index contributed by atoms with van der Waals surface area (Å²) >= 11 is 5.81. The van der Waals surface area contributed by atoms with Crippen molar-refractivity contribution in [3.8, 4) is 11.6 Å². The fraction of sp³-hybridized carbons (Fsp3) is 0.273. The molecule has 1 aliphatic heterocycles. The lowest BCUT2D eigenvalue weighted by molar-refractivity contribution is 0.401. The molecule has 1 aliphatic rings. The Morgan fingerprint density at radius 1 is 1.04 bits per heavy atom. The van der Waals surface area contributed by atoms with Crippen molar-refractivity contribution in [2.24, 2.45) is 5.92 Å². The zero-order valence-electron chi connectivity index (χ0n) is 15.4. The van der Waals surface area contributed by atoms with Gasteiger partial charge in [-0.2, -0.15) is 0 Å². The molecule has 0 unspecified atom stereocenters. The molecule has 1 saturated heterocycles. The fourth-order valence-electron chi connectivity index (χ4n) is 3.53. The van der Waals surface area contributed by atoms with Crippen LogP contribution in [0.4, 0.5) is 10.2 Å². The van der Waals surface area contributed by atoms with Gasteiger partial charge in [-0.15, -0.1) is 0 Å². The summed E-state index contributed by atoms with van der Waals surface area (Å²) in [6, 6.07) is 16.7. The van der Waals surface area contributed by atoms with Crippen LogP contribution in [0.1, 0.15) is 18.4 Å². The summed E-state index contributed by atoms with van der Waals surface area (Å²) in [5.41, 5.74) is 1.40. The van der Waals surface area contributed by atoms with E-state index in [1.807, 2.05) is 6.07 Å². The molecule has 0 N–H and O–H groups in total. The Balaban J connectivity index is 1.37. The molecule has 4 rings (SSSR count). The van der Waals surface area contributed by atoms with E-state index in [4.69, 9.17) is 16.3 Å². The standard InChI is InChI=1S/C22H21ClFN3O/c23-19-13-18(6-7-20(19)24)28-22-14-21(25-15-26-22)27-10-8-17(9-11-27)12-16-4-2-1-3-5-16/h1-7,13-15,17H,8-12H2. The van der Waals surface area contributed by atoms with E-state index in [9.17, 15) is 4.39 Å². The smallest absolute Gasteiger partial charge is 0.224 e. The molecule has 0 atom stereocenters. The number of ether oxygens (including phenoxy) is 1. The Kier molecular flexibility index (Phi) is 5.72. The summed E-state index contributed by atoms with van der Waals surface area (Å²) in [4.78, 5) is 10.8. The van der Waals surface area contributed by atoms with Gasteiger partial charge in [-0.3, -0.25) is 0 Å². The molecule has 2 aromatic carbocycles. The summed E-state index contributed by atoms with van der Waals surface area (Å²) < 4.78 is 19.0. The van der Waals surface area contributed by atoms with Crippen LogP contribution in [0.5, 0.6) is 11.6 Å². The van der Waals surface area contributed by atoms with Crippen LogP contribution in [0.25, 0.3) is 0 Å². The molecule has 1 aromatic heterocycles. The Hall–Kier alpha value is -2.66. The maximum absolute atomic E-state index is 13.3. The third-order valence-electron chi connectivity index (χ3n) is 5.05. The van der Waals surface area contributed by atoms with Crippen molar-refractivity contribution in [2.75, 3.05) is 18.0 Å². The molecule has 1 fully saturated rings. The predicted molar refractivity (Wildman–Crippen MR) is 109 cm³/mol. The van der Waals surface area contributed by atoms with Gasteiger partial charge in [-0.1, -0.05) is 41.9 Å². The van der Waals surface area contributed by atoms with E-state index in [0.29, 0.717) is 17.5 Å². The first-order valence-electron chi connectivity index (χ1n) is 9.41. The summed E-state index contributed by atoms with van der Waals surface area (Å²) in [7, 11) is 0. The van der Waals surface area contributed by atoms with Gasteiger partial charge in [0.1, 0.15) is 23.7 Å². The Morgan fingerprint density at radius 3 is 2.57 bits per heavy atom. The molecule has 3 aromatic rings. The molecular weight excluding hydrogens is 377 g/mol. The van der Waals surface area contributed by atoms with E-state index in [0.717, 1.165) is 38.2 Å². The number of hydrogen-bond donors (Lipinski definition) is 0. The normalized spacial score (nSPS) is 14.9. The number of anilines is 1. The minimum absolute atomic E-state index is 0.0206. The largest absolute Gasteiger partial charge is 0.439 e. The highest BCUT2D eigenvalue weighted by Gasteiger charge is 2.21. The number of halogens is 2. The summed E-state index contributed by atoms with van der Waals surface area (Å²) in [6.07, 6.45) is 4.87. The zero-order valence-corrected chi connectivity index (χ0v) is 16.1. The molecule has 0 radical (unpaired) electrons. The van der Waals surface area contributed by atoms with Gasteiger partial charge >= 0.3 is 0 Å². The number of benzene rings is 2. The van der Waals surface area contributed by atoms with Crippen LogP contribution < -0.4 is 9.64 Å². The fourth-order valence-corrected chi connectivity index (χ4v) is 3.70. The molecular formula is C22H21ClFN3O. The average Bonchev–Trinajstić information content (AvgIpc) is 2.72. The van der Waals surface area contributed by atoms with Gasteiger partial charge < -0.3 is 9.64 Å². The van der Waals surface area contributed by atoms with Gasteiger partial charge in [0.2, 0.25) is 5.88 Å². The number of aromatic nitrogens is 2. The Morgan fingerprint density at radius 2 is 1.82 bits per heavy atom. The monoisotopic (exact) mass is 397 g/mol. The van der Waals surface area contributed by atoms with E-state index in [1.165, 1.54) is 30.1 Å². The molecule has 0 bridgehead atoms. The van der Waals surface area contributed by atoms with Crippen LogP contribution in [0.15, 0.2) is 60.9 Å². The summed E-state index contributed by atoms with van der Waals surface area (Å²) in [5.74, 6) is 1.92. The van der Waals surface area contributed by atoms with Crippen molar-refractivity contribution < 1.29 is 9.13 Å². The minimum atomic E-state index is -0.476. The van der Waals surface area contributed by atoms with Crippen LogP contribution in [-0.2, 0) is 6.42 Å². The minimum Gasteiger partial charge on any atom is -0.439 e. The van der Waals surface area contributed by atoms with Crippen molar-refractivity contribution in [1.82, 2.24) is 9.97 Å². The third kappa shape index (κ3) is 4.60. The lowest BCUT2D eigenvalue weighted by Gasteiger charge is -2.32. The van der Waals surface area contributed by atoms with Crippen LogP contribution in [0.2, 0.25) is 5.02 Å². The van der Waals surface area contributed by atoms with Crippen molar-refractivity contribution in [2.45, 2.75) is 19.3 Å². The summed E-state index contributed by atoms with van der Waals surface area (Å²) in [5, 5.41) is 0.0206. The second-order valence-electron chi connectivity index (χ2n) is 7.01. The first-order valence-corrected chi connectivity index (χ1v) is 9.79. The highest BCUT2D eigenvalue weighted by atomic mass is 35.5. The molecule has 0 spiro atoms. The Labute approximate surface area is 169 Å². The predicted octanol–water partition coefficient (Wildman–Crippen LogP) is 5.52. The van der Waals surface area contributed by atoms with Crippen molar-refractivity contribution in [3.63, 3.8) is 0 Å². The van der Waals surface area contributed by atoms with E-state index in [2.05, 4.69) is 45.2 Å². The van der Waals surface area contributed by atoms with Gasteiger partial charge in [0.15, 0.2) is 0 Å². The molecule has 0 saturated carbocycles. The van der Waals surface area contributed by atoms with Gasteiger partial charge in [-0.25, -0.2) is 14.4 Å². The van der Waals surface area contributed by atoms with Gasteiger partial charge in [-0.05, 0) is 42.9 Å².